The van der Waals surface area contributed by atoms with Crippen LogP contribution in [-0.2, 0) is 36.0 Å². The highest BCUT2D eigenvalue weighted by Gasteiger charge is 2.45. The molecule has 0 saturated carbocycles. The number of aryl methyl sites for hydroxylation is 2. The molecule has 1 aromatic carbocycles. The average Bonchev–Trinajstić information content (AvgIpc) is 3.07. The average molecular weight is 387 g/mol. The fourth-order valence-electron chi connectivity index (χ4n) is 3.53. The molecule has 142 valence electrons. The highest BCUT2D eigenvalue weighted by Crippen LogP contribution is 2.42. The van der Waals surface area contributed by atoms with E-state index in [0.29, 0.717) is 6.42 Å². The molecule has 2 heterocycles. The molecule has 1 aliphatic heterocycles. The molecule has 0 unspecified atom stereocenters. The van der Waals surface area contributed by atoms with Crippen molar-refractivity contribution in [1.82, 2.24) is 4.98 Å². The third-order valence-electron chi connectivity index (χ3n) is 4.97. The standard InChI is InChI=1S/C20H21NO5S/c1-15-4-8-18(9-5-15)27(22,23)26-14-16-6-7-17-3-2-10-21-19(17)20(13-16)24-11-12-25-20/h2-5,8-12,16H,6-7,13-14H2,1H3/t16-/m1/s1. The van der Waals surface area contributed by atoms with Gasteiger partial charge >= 0.3 is 0 Å². The third-order valence-corrected chi connectivity index (χ3v) is 6.27. The van der Waals surface area contributed by atoms with Gasteiger partial charge in [0, 0.05) is 12.6 Å². The molecule has 0 saturated heterocycles. The minimum atomic E-state index is -3.80. The maximum atomic E-state index is 12.5. The molecular formula is C20H21NO5S. The molecule has 2 aliphatic rings. The highest BCUT2D eigenvalue weighted by molar-refractivity contribution is 7.86. The molecule has 0 amide bonds. The Morgan fingerprint density at radius 3 is 2.67 bits per heavy atom. The zero-order valence-corrected chi connectivity index (χ0v) is 15.8. The van der Waals surface area contributed by atoms with Gasteiger partial charge < -0.3 is 9.47 Å². The van der Waals surface area contributed by atoms with Crippen LogP contribution in [0.2, 0.25) is 0 Å². The van der Waals surface area contributed by atoms with Crippen LogP contribution in [0.5, 0.6) is 0 Å². The van der Waals surface area contributed by atoms with Gasteiger partial charge in [0.25, 0.3) is 15.9 Å². The van der Waals surface area contributed by atoms with E-state index in [-0.39, 0.29) is 17.4 Å². The SMILES string of the molecule is Cc1ccc(S(=O)(=O)OC[C@@H]2CCc3cccnc3C3(C2)OC=CO3)cc1. The molecule has 0 N–H and O–H groups in total. The van der Waals surface area contributed by atoms with Gasteiger partial charge in [0.05, 0.1) is 11.5 Å². The lowest BCUT2D eigenvalue weighted by Gasteiger charge is -2.29. The summed E-state index contributed by atoms with van der Waals surface area (Å²) in [5.41, 5.74) is 2.79. The van der Waals surface area contributed by atoms with Gasteiger partial charge in [-0.3, -0.25) is 9.17 Å². The Balaban J connectivity index is 1.51. The van der Waals surface area contributed by atoms with Gasteiger partial charge in [-0.05, 0) is 49.4 Å². The second-order valence-corrected chi connectivity index (χ2v) is 8.55. The van der Waals surface area contributed by atoms with E-state index >= 15 is 0 Å². The Hall–Kier alpha value is -2.38. The van der Waals surface area contributed by atoms with Crippen LogP contribution < -0.4 is 0 Å². The molecule has 0 fully saturated rings. The first-order valence-corrected chi connectivity index (χ1v) is 10.3. The van der Waals surface area contributed by atoms with Gasteiger partial charge in [-0.15, -0.1) is 0 Å². The Labute approximate surface area is 158 Å². The van der Waals surface area contributed by atoms with Gasteiger partial charge in [-0.1, -0.05) is 23.8 Å². The molecule has 0 bridgehead atoms. The van der Waals surface area contributed by atoms with E-state index in [1.807, 2.05) is 19.1 Å². The molecule has 6 nitrogen and oxygen atoms in total. The molecule has 1 spiro atoms. The molecule has 1 aliphatic carbocycles. The number of fused-ring (bicyclic) bond motifs is 2. The van der Waals surface area contributed by atoms with Crippen molar-refractivity contribution >= 4 is 10.1 Å². The van der Waals surface area contributed by atoms with Crippen molar-refractivity contribution in [1.29, 1.82) is 0 Å². The van der Waals surface area contributed by atoms with E-state index in [4.69, 9.17) is 13.7 Å². The first-order chi connectivity index (χ1) is 13.0. The van der Waals surface area contributed by atoms with Crippen LogP contribution in [0, 0.1) is 12.8 Å². The lowest BCUT2D eigenvalue weighted by molar-refractivity contribution is -0.167. The summed E-state index contributed by atoms with van der Waals surface area (Å²) < 4.78 is 41.9. The Bertz CT molecular complexity index is 945. The van der Waals surface area contributed by atoms with Gasteiger partial charge in [0.15, 0.2) is 0 Å². The summed E-state index contributed by atoms with van der Waals surface area (Å²) in [6.45, 7) is 1.97. The smallest absolute Gasteiger partial charge is 0.296 e. The quantitative estimate of drug-likeness (QED) is 0.749. The predicted molar refractivity (Wildman–Crippen MR) is 98.0 cm³/mol. The van der Waals surface area contributed by atoms with E-state index in [1.165, 1.54) is 12.5 Å². The van der Waals surface area contributed by atoms with Gasteiger partial charge in [-0.2, -0.15) is 8.42 Å². The number of benzene rings is 1. The van der Waals surface area contributed by atoms with E-state index in [2.05, 4.69) is 4.98 Å². The van der Waals surface area contributed by atoms with Crippen molar-refractivity contribution in [2.45, 2.75) is 36.9 Å². The first-order valence-electron chi connectivity index (χ1n) is 8.90. The minimum absolute atomic E-state index is 0.0562. The van der Waals surface area contributed by atoms with Gasteiger partial charge in [0.1, 0.15) is 18.2 Å². The molecule has 7 heteroatoms. The normalized spacial score (nSPS) is 20.6. The summed E-state index contributed by atoms with van der Waals surface area (Å²) in [6.07, 6.45) is 6.71. The Kier molecular flexibility index (Phi) is 4.65. The van der Waals surface area contributed by atoms with Gasteiger partial charge in [0.2, 0.25) is 0 Å². The molecule has 4 rings (SSSR count). The van der Waals surface area contributed by atoms with E-state index in [9.17, 15) is 8.42 Å². The number of pyridine rings is 1. The zero-order chi connectivity index (χ0) is 18.9. The maximum absolute atomic E-state index is 12.5. The molecular weight excluding hydrogens is 366 g/mol. The summed E-state index contributed by atoms with van der Waals surface area (Å²) in [6, 6.07) is 10.5. The Morgan fingerprint density at radius 2 is 1.93 bits per heavy atom. The monoisotopic (exact) mass is 387 g/mol. The van der Waals surface area contributed by atoms with Crippen LogP contribution >= 0.6 is 0 Å². The van der Waals surface area contributed by atoms with E-state index in [1.54, 1.807) is 30.5 Å². The number of nitrogens with zero attached hydrogens (tertiary/aromatic N) is 1. The fraction of sp³-hybridized carbons (Fsp3) is 0.350. The molecule has 1 atom stereocenters. The van der Waals surface area contributed by atoms with Crippen LogP contribution in [0.4, 0.5) is 0 Å². The topological polar surface area (TPSA) is 74.7 Å². The molecule has 1 aromatic heterocycles. The van der Waals surface area contributed by atoms with Crippen LogP contribution in [0.15, 0.2) is 60.0 Å². The summed E-state index contributed by atoms with van der Waals surface area (Å²) in [4.78, 5) is 4.63. The van der Waals surface area contributed by atoms with Crippen LogP contribution in [0.25, 0.3) is 0 Å². The van der Waals surface area contributed by atoms with Crippen LogP contribution in [-0.4, -0.2) is 20.0 Å². The first kappa shape index (κ1) is 18.0. The van der Waals surface area contributed by atoms with Crippen molar-refractivity contribution in [3.05, 3.63) is 71.9 Å². The van der Waals surface area contributed by atoms with Gasteiger partial charge in [-0.25, -0.2) is 0 Å². The number of hydrogen-bond donors (Lipinski definition) is 0. The van der Waals surface area contributed by atoms with Crippen molar-refractivity contribution in [3.63, 3.8) is 0 Å². The number of rotatable bonds is 4. The van der Waals surface area contributed by atoms with Crippen molar-refractivity contribution < 1.29 is 22.1 Å². The summed E-state index contributed by atoms with van der Waals surface area (Å²) >= 11 is 0. The molecule has 2 aromatic rings. The largest absolute Gasteiger partial charge is 0.451 e. The highest BCUT2D eigenvalue weighted by atomic mass is 32.2. The van der Waals surface area contributed by atoms with Crippen LogP contribution in [0.1, 0.15) is 29.7 Å². The zero-order valence-electron chi connectivity index (χ0n) is 15.0. The molecule has 0 radical (unpaired) electrons. The second kappa shape index (κ2) is 6.98. The summed E-state index contributed by atoms with van der Waals surface area (Å²) in [5.74, 6) is -1.06. The predicted octanol–water partition coefficient (Wildman–Crippen LogP) is 3.42. The summed E-state index contributed by atoms with van der Waals surface area (Å²) in [5, 5.41) is 0. The van der Waals surface area contributed by atoms with E-state index < -0.39 is 15.9 Å². The van der Waals surface area contributed by atoms with Crippen LogP contribution in [0.3, 0.4) is 0 Å². The fourth-order valence-corrected chi connectivity index (χ4v) is 4.51. The van der Waals surface area contributed by atoms with Crippen molar-refractivity contribution in [2.24, 2.45) is 5.92 Å². The van der Waals surface area contributed by atoms with E-state index in [0.717, 1.165) is 29.7 Å². The number of aromatic nitrogens is 1. The minimum Gasteiger partial charge on any atom is -0.451 e. The maximum Gasteiger partial charge on any atom is 0.296 e. The Morgan fingerprint density at radius 1 is 1.19 bits per heavy atom. The second-order valence-electron chi connectivity index (χ2n) is 6.93. The third kappa shape index (κ3) is 3.57. The number of hydrogen-bond acceptors (Lipinski definition) is 6. The van der Waals surface area contributed by atoms with Crippen molar-refractivity contribution in [3.8, 4) is 0 Å². The lowest BCUT2D eigenvalue weighted by atomic mass is 9.97. The van der Waals surface area contributed by atoms with Crippen molar-refractivity contribution in [2.75, 3.05) is 6.61 Å². The lowest BCUT2D eigenvalue weighted by Crippen LogP contribution is -2.32. The summed E-state index contributed by atoms with van der Waals surface area (Å²) in [7, 11) is -3.80. The molecule has 27 heavy (non-hydrogen) atoms. The number of ether oxygens (including phenoxy) is 2.